The molecule has 2 aliphatic carbocycles. The summed E-state index contributed by atoms with van der Waals surface area (Å²) in [5.41, 5.74) is 12.0. The Morgan fingerprint density at radius 3 is 1.34 bits per heavy atom. The fourth-order valence-corrected chi connectivity index (χ4v) is 6.52. The lowest BCUT2D eigenvalue weighted by Gasteiger charge is -2.50. The molecule has 2 aliphatic rings. The predicted octanol–water partition coefficient (Wildman–Crippen LogP) is 5.54. The first kappa shape index (κ1) is 25.6. The molecule has 35 heavy (non-hydrogen) atoms. The monoisotopic (exact) mass is 482 g/mol. The van der Waals surface area contributed by atoms with Crippen LogP contribution in [0.25, 0.3) is 0 Å². The molecule has 6 unspecified atom stereocenters. The van der Waals surface area contributed by atoms with Crippen LogP contribution in [-0.2, 0) is 0 Å². The molecule has 0 spiro atoms. The molecule has 4 rings (SSSR count). The number of rotatable bonds is 6. The fraction of sp³-hybridized carbons (Fsp3) is 0.517. The third-order valence-electron chi connectivity index (χ3n) is 8.72. The van der Waals surface area contributed by atoms with Crippen molar-refractivity contribution in [2.24, 2.45) is 40.6 Å². The molecule has 6 atom stereocenters. The van der Waals surface area contributed by atoms with E-state index in [4.69, 9.17) is 11.5 Å². The van der Waals surface area contributed by atoms with Crippen molar-refractivity contribution in [3.8, 4) is 0 Å². The molecule has 0 bridgehead atoms. The van der Waals surface area contributed by atoms with Crippen LogP contribution < -0.4 is 11.5 Å². The van der Waals surface area contributed by atoms with E-state index in [0.717, 1.165) is 12.8 Å². The summed E-state index contributed by atoms with van der Waals surface area (Å²) >= 11 is 0. The van der Waals surface area contributed by atoms with Crippen molar-refractivity contribution in [3.63, 3.8) is 0 Å². The van der Waals surface area contributed by atoms with Gasteiger partial charge >= 0.3 is 0 Å². The van der Waals surface area contributed by atoms with Crippen molar-refractivity contribution in [2.45, 2.75) is 64.5 Å². The van der Waals surface area contributed by atoms with E-state index in [2.05, 4.69) is 13.8 Å². The normalized spacial score (nSPS) is 29.5. The van der Waals surface area contributed by atoms with Gasteiger partial charge in [0.1, 0.15) is 17.0 Å². The van der Waals surface area contributed by atoms with E-state index in [-0.39, 0.29) is 47.3 Å². The Hall–Kier alpha value is -2.44. The minimum atomic E-state index is -1.35. The maximum Gasteiger partial charge on any atom is 0.177 e. The van der Waals surface area contributed by atoms with E-state index in [1.165, 1.54) is 48.5 Å². The molecular formula is C29H36F2N2O2. The molecule has 2 fully saturated rings. The summed E-state index contributed by atoms with van der Waals surface area (Å²) in [6, 6.07) is 11.0. The van der Waals surface area contributed by atoms with Gasteiger partial charge in [-0.25, -0.2) is 8.78 Å². The summed E-state index contributed by atoms with van der Waals surface area (Å²) in [6.45, 7) is 4.15. The van der Waals surface area contributed by atoms with Crippen LogP contribution in [0, 0.1) is 40.7 Å². The lowest BCUT2D eigenvalue weighted by molar-refractivity contribution is 0.0108. The number of hydrogen-bond acceptors (Lipinski definition) is 4. The van der Waals surface area contributed by atoms with Crippen molar-refractivity contribution in [3.05, 3.63) is 71.3 Å². The molecule has 2 aromatic rings. The SMILES string of the molecule is CC1CC(C(C(=O)c2ccc(F)cc2)(C(=O)c2ccc(F)cc2)C2CCC(N)C(C)C2)CCC1N. The number of carbonyl (C=O) groups excluding carboxylic acids is 2. The Bertz CT molecular complexity index is 968. The quantitative estimate of drug-likeness (QED) is 0.418. The average Bonchev–Trinajstić information content (AvgIpc) is 2.84. The van der Waals surface area contributed by atoms with Crippen LogP contribution in [0.5, 0.6) is 0 Å². The van der Waals surface area contributed by atoms with E-state index in [1.807, 2.05) is 0 Å². The Kier molecular flexibility index (Phi) is 7.53. The standard InChI is InChI=1S/C29H36F2N2O2/c1-17-15-21(7-13-25(17)32)29(22-8-14-26(33)18(2)16-22,27(34)19-3-9-23(30)10-4-19)28(35)20-5-11-24(31)12-6-20/h3-6,9-12,17-18,21-22,25-26H,7-8,13-16,32-33H2,1-2H3. The Morgan fingerprint density at radius 2 is 1.03 bits per heavy atom. The van der Waals surface area contributed by atoms with Crippen LogP contribution in [0.1, 0.15) is 73.1 Å². The third kappa shape index (κ3) is 4.83. The zero-order chi connectivity index (χ0) is 25.3. The molecule has 0 radical (unpaired) electrons. The molecule has 2 aromatic carbocycles. The van der Waals surface area contributed by atoms with Gasteiger partial charge in [-0.3, -0.25) is 9.59 Å². The number of Topliss-reactive ketones (excluding diaryl/α,β-unsaturated/α-hetero) is 2. The first-order chi connectivity index (χ1) is 16.6. The number of hydrogen-bond donors (Lipinski definition) is 2. The van der Waals surface area contributed by atoms with Crippen LogP contribution >= 0.6 is 0 Å². The van der Waals surface area contributed by atoms with Gasteiger partial charge in [0.2, 0.25) is 0 Å². The number of benzene rings is 2. The Morgan fingerprint density at radius 1 is 0.686 bits per heavy atom. The van der Waals surface area contributed by atoms with Crippen LogP contribution in [0.15, 0.2) is 48.5 Å². The molecule has 0 aliphatic heterocycles. The first-order valence-corrected chi connectivity index (χ1v) is 12.8. The van der Waals surface area contributed by atoms with Gasteiger partial charge in [0.05, 0.1) is 0 Å². The van der Waals surface area contributed by atoms with Crippen LogP contribution in [0.2, 0.25) is 0 Å². The number of carbonyl (C=O) groups is 2. The molecule has 0 saturated heterocycles. The van der Waals surface area contributed by atoms with Gasteiger partial charge in [-0.15, -0.1) is 0 Å². The van der Waals surface area contributed by atoms with E-state index in [9.17, 15) is 18.4 Å². The second kappa shape index (κ2) is 10.3. The Labute approximate surface area is 206 Å². The van der Waals surface area contributed by atoms with Gasteiger partial charge in [0.15, 0.2) is 11.6 Å². The van der Waals surface area contributed by atoms with Crippen molar-refractivity contribution < 1.29 is 18.4 Å². The predicted molar refractivity (Wildman–Crippen MR) is 133 cm³/mol. The van der Waals surface area contributed by atoms with Gasteiger partial charge in [0.25, 0.3) is 0 Å². The summed E-state index contributed by atoms with van der Waals surface area (Å²) in [4.78, 5) is 29.1. The van der Waals surface area contributed by atoms with Gasteiger partial charge in [0, 0.05) is 23.2 Å². The highest BCUT2D eigenvalue weighted by atomic mass is 19.1. The van der Waals surface area contributed by atoms with Crippen LogP contribution in [0.3, 0.4) is 0 Å². The van der Waals surface area contributed by atoms with E-state index < -0.39 is 17.0 Å². The van der Waals surface area contributed by atoms with Crippen molar-refractivity contribution >= 4 is 11.6 Å². The van der Waals surface area contributed by atoms with Gasteiger partial charge in [-0.2, -0.15) is 0 Å². The molecule has 4 nitrogen and oxygen atoms in total. The second-order valence-corrected chi connectivity index (χ2v) is 10.8. The van der Waals surface area contributed by atoms with E-state index in [1.54, 1.807) is 0 Å². The smallest absolute Gasteiger partial charge is 0.177 e. The molecule has 0 heterocycles. The molecule has 188 valence electrons. The molecule has 0 aromatic heterocycles. The van der Waals surface area contributed by atoms with Crippen molar-refractivity contribution in [2.75, 3.05) is 0 Å². The summed E-state index contributed by atoms with van der Waals surface area (Å²) in [7, 11) is 0. The fourth-order valence-electron chi connectivity index (χ4n) is 6.52. The number of halogens is 2. The Balaban J connectivity index is 1.91. The van der Waals surface area contributed by atoms with Crippen LogP contribution in [0.4, 0.5) is 8.78 Å². The first-order valence-electron chi connectivity index (χ1n) is 12.8. The molecular weight excluding hydrogens is 446 g/mol. The molecule has 2 saturated carbocycles. The summed E-state index contributed by atoms with van der Waals surface area (Å²) in [5.74, 6) is -1.56. The molecule has 6 heteroatoms. The molecule has 4 N–H and O–H groups in total. The minimum Gasteiger partial charge on any atom is -0.327 e. The van der Waals surface area contributed by atoms with E-state index >= 15 is 0 Å². The summed E-state index contributed by atoms with van der Waals surface area (Å²) in [5, 5.41) is 0. The van der Waals surface area contributed by atoms with Gasteiger partial charge in [-0.1, -0.05) is 13.8 Å². The average molecular weight is 483 g/mol. The van der Waals surface area contributed by atoms with Gasteiger partial charge in [-0.05, 0) is 111 Å². The maximum atomic E-state index is 14.6. The molecule has 0 amide bonds. The summed E-state index contributed by atoms with van der Waals surface area (Å²) in [6.07, 6.45) is 4.06. The second-order valence-electron chi connectivity index (χ2n) is 10.8. The van der Waals surface area contributed by atoms with Crippen molar-refractivity contribution in [1.82, 2.24) is 0 Å². The number of ketones is 2. The lowest BCUT2D eigenvalue weighted by atomic mass is 9.51. The summed E-state index contributed by atoms with van der Waals surface area (Å²) < 4.78 is 27.5. The lowest BCUT2D eigenvalue weighted by Crippen LogP contribution is -2.56. The van der Waals surface area contributed by atoms with Crippen molar-refractivity contribution in [1.29, 1.82) is 0 Å². The highest BCUT2D eigenvalue weighted by Crippen LogP contribution is 2.54. The zero-order valence-corrected chi connectivity index (χ0v) is 20.6. The maximum absolute atomic E-state index is 14.6. The van der Waals surface area contributed by atoms with Gasteiger partial charge < -0.3 is 11.5 Å². The topological polar surface area (TPSA) is 86.2 Å². The van der Waals surface area contributed by atoms with Crippen LogP contribution in [-0.4, -0.2) is 23.7 Å². The highest BCUT2D eigenvalue weighted by molar-refractivity contribution is 6.20. The number of nitrogens with two attached hydrogens (primary N) is 2. The van der Waals surface area contributed by atoms with E-state index in [0.29, 0.717) is 36.8 Å². The highest BCUT2D eigenvalue weighted by Gasteiger charge is 2.58. The minimum absolute atomic E-state index is 0.0181. The zero-order valence-electron chi connectivity index (χ0n) is 20.6. The largest absolute Gasteiger partial charge is 0.327 e. The third-order valence-corrected chi connectivity index (χ3v) is 8.72.